The minimum absolute atomic E-state index is 0.266. The second-order valence-electron chi connectivity index (χ2n) is 9.82. The van der Waals surface area contributed by atoms with Crippen molar-refractivity contribution >= 4 is 56.7 Å². The van der Waals surface area contributed by atoms with Gasteiger partial charge in [0.1, 0.15) is 4.83 Å². The molecule has 38 heavy (non-hydrogen) atoms. The first-order valence-electron chi connectivity index (χ1n) is 12.3. The largest absolute Gasteiger partial charge is 0.414 e. The summed E-state index contributed by atoms with van der Waals surface area (Å²) in [4.78, 5) is 30.8. The Hall–Kier alpha value is -3.60. The van der Waals surface area contributed by atoms with Gasteiger partial charge in [0.25, 0.3) is 5.91 Å². The first-order valence-corrected chi connectivity index (χ1v) is 13.5. The normalized spacial score (nSPS) is 14.5. The Morgan fingerprint density at radius 1 is 1.08 bits per heavy atom. The van der Waals surface area contributed by atoms with Crippen molar-refractivity contribution in [1.82, 2.24) is 20.4 Å². The Kier molecular flexibility index (Phi) is 7.29. The number of amides is 2. The number of nitrogens with one attached hydrogen (secondary N) is 3. The Morgan fingerprint density at radius 2 is 1.82 bits per heavy atom. The molecular weight excluding hydrogens is 524 g/mol. The topological polar surface area (TPSA) is 103 Å². The number of nitrogens with zero attached hydrogens (tertiary/aromatic N) is 3. The summed E-state index contributed by atoms with van der Waals surface area (Å²) in [6.45, 7) is 7.70. The summed E-state index contributed by atoms with van der Waals surface area (Å²) >= 11 is 7.33. The minimum Gasteiger partial charge on any atom is -0.399 e. The molecule has 2 aromatic heterocycles. The fraction of sp³-hybridized carbons (Fsp3) is 0.296. The molecule has 0 unspecified atom stereocenters. The van der Waals surface area contributed by atoms with Gasteiger partial charge < -0.3 is 25.2 Å². The molecule has 1 aliphatic rings. The number of halogens is 1. The van der Waals surface area contributed by atoms with Crippen LogP contribution in [0, 0.1) is 0 Å². The number of likely N-dealkylation sites (N-methyl/N-ethyl adjacent to an activating group) is 1. The molecule has 3 heterocycles. The number of ether oxygens (including phenoxy) is 1. The van der Waals surface area contributed by atoms with Crippen LogP contribution in [0.15, 0.2) is 54.6 Å². The third kappa shape index (κ3) is 5.77. The second kappa shape index (κ2) is 10.6. The molecule has 1 saturated heterocycles. The molecular formula is C27H29ClN6O3S. The highest BCUT2D eigenvalue weighted by Gasteiger charge is 2.25. The summed E-state index contributed by atoms with van der Waals surface area (Å²) in [6, 6.07) is 16.6. The maximum atomic E-state index is 12.9. The summed E-state index contributed by atoms with van der Waals surface area (Å²) in [5, 5.41) is 14.5. The smallest absolute Gasteiger partial charge is 0.399 e. The van der Waals surface area contributed by atoms with Crippen LogP contribution in [0.1, 0.15) is 29.8 Å². The van der Waals surface area contributed by atoms with E-state index < -0.39 is 11.6 Å². The molecule has 0 atom stereocenters. The van der Waals surface area contributed by atoms with Crippen LogP contribution in [-0.2, 0) is 5.54 Å². The van der Waals surface area contributed by atoms with Crippen LogP contribution < -0.4 is 20.3 Å². The van der Waals surface area contributed by atoms with Gasteiger partial charge in [-0.1, -0.05) is 35.1 Å². The van der Waals surface area contributed by atoms with E-state index >= 15 is 0 Å². The van der Waals surface area contributed by atoms with Crippen molar-refractivity contribution in [3.8, 4) is 5.06 Å². The number of piperazine rings is 1. The first kappa shape index (κ1) is 26.0. The number of rotatable bonds is 6. The zero-order chi connectivity index (χ0) is 26.9. The van der Waals surface area contributed by atoms with Crippen molar-refractivity contribution in [3.05, 3.63) is 70.7 Å². The zero-order valence-corrected chi connectivity index (χ0v) is 22.9. The van der Waals surface area contributed by atoms with Crippen molar-refractivity contribution < 1.29 is 14.3 Å². The molecule has 0 aliphatic carbocycles. The lowest BCUT2D eigenvalue weighted by atomic mass is 9.95. The van der Waals surface area contributed by atoms with Crippen molar-refractivity contribution in [1.29, 1.82) is 0 Å². The number of anilines is 2. The molecule has 0 spiro atoms. The zero-order valence-electron chi connectivity index (χ0n) is 21.4. The predicted octanol–water partition coefficient (Wildman–Crippen LogP) is 5.31. The van der Waals surface area contributed by atoms with E-state index in [1.165, 1.54) is 11.3 Å². The van der Waals surface area contributed by atoms with Gasteiger partial charge >= 0.3 is 6.09 Å². The van der Waals surface area contributed by atoms with Gasteiger partial charge in [-0.25, -0.2) is 4.79 Å². The summed E-state index contributed by atoms with van der Waals surface area (Å²) in [6.07, 6.45) is -0.599. The van der Waals surface area contributed by atoms with Gasteiger partial charge in [-0.3, -0.25) is 9.89 Å². The standard InChI is InChI=1S/C27H29ClN6O3S/c1-27(2,18-5-4-6-19(28)15-18)30-26(36)37-22-16-21-23(31-32-25(21)38-22)29-24(35)17-7-9-20(10-8-17)34-13-11-33(3)12-14-34/h4-10,15-16H,11-14H2,1-3H3,(H,30,36)(H2,29,31,32,35). The van der Waals surface area contributed by atoms with Gasteiger partial charge in [-0.05, 0) is 62.9 Å². The predicted molar refractivity (Wildman–Crippen MR) is 152 cm³/mol. The average Bonchev–Trinajstić information content (AvgIpc) is 3.45. The highest BCUT2D eigenvalue weighted by molar-refractivity contribution is 7.20. The number of thiophene rings is 1. The van der Waals surface area contributed by atoms with Gasteiger partial charge in [-0.2, -0.15) is 5.10 Å². The third-order valence-corrected chi connectivity index (χ3v) is 7.77. The molecule has 9 nitrogen and oxygen atoms in total. The highest BCUT2D eigenvalue weighted by Crippen LogP contribution is 2.35. The summed E-state index contributed by atoms with van der Waals surface area (Å²) < 4.78 is 5.53. The number of aromatic amines is 1. The maximum Gasteiger partial charge on any atom is 0.414 e. The number of benzene rings is 2. The fourth-order valence-corrected chi connectivity index (χ4v) is 5.37. The maximum absolute atomic E-state index is 12.9. The van der Waals surface area contributed by atoms with Crippen LogP contribution >= 0.6 is 22.9 Å². The summed E-state index contributed by atoms with van der Waals surface area (Å²) in [5.74, 6) is 0.108. The van der Waals surface area contributed by atoms with E-state index in [9.17, 15) is 9.59 Å². The van der Waals surface area contributed by atoms with Crippen LogP contribution in [-0.4, -0.2) is 60.3 Å². The Balaban J connectivity index is 1.22. The summed E-state index contributed by atoms with van der Waals surface area (Å²) in [7, 11) is 2.12. The van der Waals surface area contributed by atoms with Crippen LogP contribution in [0.2, 0.25) is 5.02 Å². The van der Waals surface area contributed by atoms with Gasteiger partial charge in [0.05, 0.1) is 10.9 Å². The van der Waals surface area contributed by atoms with E-state index in [4.69, 9.17) is 16.3 Å². The van der Waals surface area contributed by atoms with Crippen molar-refractivity contribution in [2.24, 2.45) is 0 Å². The van der Waals surface area contributed by atoms with Crippen molar-refractivity contribution in [3.63, 3.8) is 0 Å². The molecule has 1 aliphatic heterocycles. The van der Waals surface area contributed by atoms with Gasteiger partial charge in [0.15, 0.2) is 10.9 Å². The quantitative estimate of drug-likeness (QED) is 0.300. The Bertz CT molecular complexity index is 1460. The van der Waals surface area contributed by atoms with Gasteiger partial charge in [0.2, 0.25) is 0 Å². The number of hydrogen-bond acceptors (Lipinski definition) is 7. The summed E-state index contributed by atoms with van der Waals surface area (Å²) in [5.41, 5.74) is 1.80. The molecule has 11 heteroatoms. The highest BCUT2D eigenvalue weighted by atomic mass is 35.5. The van der Waals surface area contributed by atoms with Crippen LogP contribution in [0.5, 0.6) is 5.06 Å². The molecule has 5 rings (SSSR count). The number of carbonyl (C=O) groups is 2. The molecule has 198 valence electrons. The molecule has 2 aromatic carbocycles. The lowest BCUT2D eigenvalue weighted by molar-refractivity contribution is 0.102. The number of carbonyl (C=O) groups excluding carboxylic acids is 2. The Morgan fingerprint density at radius 3 is 2.53 bits per heavy atom. The molecule has 4 aromatic rings. The Labute approximate surface area is 229 Å². The van der Waals surface area contributed by atoms with Gasteiger partial charge in [-0.15, -0.1) is 0 Å². The number of H-pyrrole nitrogens is 1. The van der Waals surface area contributed by atoms with Crippen LogP contribution in [0.25, 0.3) is 10.2 Å². The molecule has 2 amide bonds. The monoisotopic (exact) mass is 552 g/mol. The molecule has 3 N–H and O–H groups in total. The number of hydrogen-bond donors (Lipinski definition) is 3. The lowest BCUT2D eigenvalue weighted by Gasteiger charge is -2.34. The van der Waals surface area contributed by atoms with E-state index in [0.717, 1.165) is 37.4 Å². The van der Waals surface area contributed by atoms with E-state index in [-0.39, 0.29) is 5.91 Å². The first-order chi connectivity index (χ1) is 18.2. The van der Waals surface area contributed by atoms with Crippen molar-refractivity contribution in [2.45, 2.75) is 19.4 Å². The molecule has 0 radical (unpaired) electrons. The molecule has 0 bridgehead atoms. The number of aromatic nitrogens is 2. The van der Waals surface area contributed by atoms with E-state index in [0.29, 0.717) is 31.7 Å². The average molecular weight is 553 g/mol. The number of fused-ring (bicyclic) bond motifs is 1. The van der Waals surface area contributed by atoms with E-state index in [1.807, 2.05) is 50.2 Å². The van der Waals surface area contributed by atoms with Crippen molar-refractivity contribution in [2.75, 3.05) is 43.4 Å². The van der Waals surface area contributed by atoms with Crippen LogP contribution in [0.4, 0.5) is 16.3 Å². The third-order valence-electron chi connectivity index (χ3n) is 6.62. The van der Waals surface area contributed by atoms with Gasteiger partial charge in [0, 0.05) is 48.5 Å². The van der Waals surface area contributed by atoms with Crippen LogP contribution in [0.3, 0.4) is 0 Å². The second-order valence-corrected chi connectivity index (χ2v) is 11.3. The SMILES string of the molecule is CN1CCN(c2ccc(C(=O)Nc3n[nH]c4sc(OC(=O)NC(C)(C)c5cccc(Cl)c5)cc34)cc2)CC1. The minimum atomic E-state index is -0.694. The fourth-order valence-electron chi connectivity index (χ4n) is 4.33. The van der Waals surface area contributed by atoms with E-state index in [1.54, 1.807) is 18.2 Å². The molecule has 1 fully saturated rings. The molecule has 0 saturated carbocycles. The lowest BCUT2D eigenvalue weighted by Crippen LogP contribution is -2.44. The van der Waals surface area contributed by atoms with E-state index in [2.05, 4.69) is 37.7 Å².